The third kappa shape index (κ3) is 31.9. The molecule has 0 aliphatic carbocycles. The van der Waals surface area contributed by atoms with E-state index in [9.17, 15) is 14.7 Å². The lowest BCUT2D eigenvalue weighted by Crippen LogP contribution is -2.52. The van der Waals surface area contributed by atoms with Crippen LogP contribution in [0.2, 0.25) is 0 Å². The summed E-state index contributed by atoms with van der Waals surface area (Å²) in [5.41, 5.74) is 0.360. The number of rotatable bonds is 41. The molecule has 3 unspecified atom stereocenters. The predicted molar refractivity (Wildman–Crippen MR) is 254 cm³/mol. The SMILES string of the molecule is CCCCCCCCC(CCCCCC)C(=O)OCCCCCC1(CCCCCC)CCCCN1CCCCO.CCCCCCCCC(CCCCCC)C(C)=O. The van der Waals surface area contributed by atoms with Crippen molar-refractivity contribution in [1.82, 2.24) is 4.90 Å². The second-order valence-corrected chi connectivity index (χ2v) is 18.7. The second kappa shape index (κ2) is 42.7. The Balaban J connectivity index is 0.00000151. The van der Waals surface area contributed by atoms with Crippen LogP contribution in [0.3, 0.4) is 0 Å². The first-order chi connectivity index (χ1) is 28.3. The molecule has 0 spiro atoms. The monoisotopic (exact) mass is 820 g/mol. The Kier molecular flexibility index (Phi) is 42.0. The Bertz CT molecular complexity index is 878. The van der Waals surface area contributed by atoms with Crippen molar-refractivity contribution in [2.45, 2.75) is 291 Å². The van der Waals surface area contributed by atoms with Crippen molar-refractivity contribution < 1.29 is 19.4 Å². The van der Waals surface area contributed by atoms with Crippen LogP contribution < -0.4 is 0 Å². The summed E-state index contributed by atoms with van der Waals surface area (Å²) < 4.78 is 5.88. The number of esters is 1. The van der Waals surface area contributed by atoms with E-state index in [1.165, 1.54) is 199 Å². The highest BCUT2D eigenvalue weighted by Crippen LogP contribution is 2.38. The maximum atomic E-state index is 13.0. The van der Waals surface area contributed by atoms with E-state index < -0.39 is 0 Å². The quantitative estimate of drug-likeness (QED) is 0.0492. The number of ether oxygens (including phenoxy) is 1. The summed E-state index contributed by atoms with van der Waals surface area (Å²) in [6, 6.07) is 0. The number of carbonyl (C=O) groups excluding carboxylic acids is 2. The second-order valence-electron chi connectivity index (χ2n) is 18.7. The van der Waals surface area contributed by atoms with Crippen LogP contribution in [0.25, 0.3) is 0 Å². The molecule has 1 N–H and O–H groups in total. The summed E-state index contributed by atoms with van der Waals surface area (Å²) >= 11 is 0. The van der Waals surface area contributed by atoms with Gasteiger partial charge in [-0.2, -0.15) is 0 Å². The highest BCUT2D eigenvalue weighted by molar-refractivity contribution is 5.78. The van der Waals surface area contributed by atoms with Crippen molar-refractivity contribution in [2.75, 3.05) is 26.3 Å². The van der Waals surface area contributed by atoms with E-state index in [0.29, 0.717) is 30.5 Å². The van der Waals surface area contributed by atoms with Gasteiger partial charge < -0.3 is 9.84 Å². The van der Waals surface area contributed by atoms with Gasteiger partial charge in [-0.3, -0.25) is 14.5 Å². The highest BCUT2D eigenvalue weighted by atomic mass is 16.5. The van der Waals surface area contributed by atoms with Crippen molar-refractivity contribution >= 4 is 11.8 Å². The van der Waals surface area contributed by atoms with Crippen LogP contribution in [0.15, 0.2) is 0 Å². The smallest absolute Gasteiger partial charge is 0.308 e. The Morgan fingerprint density at radius 2 is 0.931 bits per heavy atom. The topological polar surface area (TPSA) is 66.8 Å². The summed E-state index contributed by atoms with van der Waals surface area (Å²) in [5, 5.41) is 9.32. The van der Waals surface area contributed by atoms with Gasteiger partial charge in [0.2, 0.25) is 0 Å². The molecule has 0 aromatic rings. The number of unbranched alkanes of at least 4 members (excludes halogenated alkanes) is 22. The van der Waals surface area contributed by atoms with Gasteiger partial charge in [-0.15, -0.1) is 0 Å². The molecule has 1 aliphatic rings. The third-order valence-corrected chi connectivity index (χ3v) is 13.4. The predicted octanol–water partition coefficient (Wildman–Crippen LogP) is 16.3. The Labute approximate surface area is 364 Å². The summed E-state index contributed by atoms with van der Waals surface area (Å²) in [7, 11) is 0. The minimum Gasteiger partial charge on any atom is -0.465 e. The number of hydrogen-bond donors (Lipinski definition) is 1. The number of piperidine rings is 1. The molecule has 1 saturated heterocycles. The molecular formula is C53H105NO4. The van der Waals surface area contributed by atoms with Crippen molar-refractivity contribution in [3.8, 4) is 0 Å². The Hall–Kier alpha value is -0.940. The number of Topliss-reactive ketones (excluding diaryl/α,β-unsaturated/α-hetero) is 1. The fraction of sp³-hybridized carbons (Fsp3) is 0.962. The summed E-state index contributed by atoms with van der Waals surface area (Å²) in [4.78, 5) is 27.4. The standard InChI is InChI=1S/C36H71NO3.C17H34O/c1-4-7-10-13-14-17-26-34(25-16-11-8-5-2)35(39)40-33-24-15-19-28-36(27-18-12-9-6-3)29-20-21-30-37(36)31-22-23-32-38;1-4-6-8-10-11-13-15-17(16(3)18)14-12-9-7-5-2/h34,38H,4-33H2,1-3H3;17H,4-15H2,1-3H3. The van der Waals surface area contributed by atoms with E-state index in [0.717, 1.165) is 57.9 Å². The van der Waals surface area contributed by atoms with E-state index in [1.807, 2.05) is 0 Å². The number of hydrogen-bond acceptors (Lipinski definition) is 5. The molecule has 0 aromatic heterocycles. The fourth-order valence-electron chi connectivity index (χ4n) is 9.42. The molecular weight excluding hydrogens is 715 g/mol. The van der Waals surface area contributed by atoms with Gasteiger partial charge in [0.25, 0.3) is 0 Å². The van der Waals surface area contributed by atoms with Crippen molar-refractivity contribution in [3.63, 3.8) is 0 Å². The maximum Gasteiger partial charge on any atom is 0.308 e. The first kappa shape index (κ1) is 57.1. The van der Waals surface area contributed by atoms with Gasteiger partial charge in [0.1, 0.15) is 5.78 Å². The largest absolute Gasteiger partial charge is 0.465 e. The van der Waals surface area contributed by atoms with E-state index in [2.05, 4.69) is 39.5 Å². The maximum absolute atomic E-state index is 13.0. The van der Waals surface area contributed by atoms with Crippen molar-refractivity contribution in [3.05, 3.63) is 0 Å². The minimum absolute atomic E-state index is 0.0831. The van der Waals surface area contributed by atoms with Gasteiger partial charge >= 0.3 is 5.97 Å². The van der Waals surface area contributed by atoms with Gasteiger partial charge in [0.15, 0.2) is 0 Å². The van der Waals surface area contributed by atoms with Crippen LogP contribution >= 0.6 is 0 Å². The number of carbonyl (C=O) groups is 2. The number of nitrogens with zero attached hydrogens (tertiary/aromatic N) is 1. The zero-order valence-corrected chi connectivity index (χ0v) is 40.5. The fourth-order valence-corrected chi connectivity index (χ4v) is 9.42. The molecule has 5 nitrogen and oxygen atoms in total. The molecule has 58 heavy (non-hydrogen) atoms. The zero-order valence-electron chi connectivity index (χ0n) is 40.5. The molecule has 1 fully saturated rings. The first-order valence-electron chi connectivity index (χ1n) is 26.4. The van der Waals surface area contributed by atoms with Crippen LogP contribution in [0.1, 0.15) is 286 Å². The lowest BCUT2D eigenvalue weighted by atomic mass is 9.78. The lowest BCUT2D eigenvalue weighted by Gasteiger charge is -2.48. The average Bonchev–Trinajstić information content (AvgIpc) is 3.22. The van der Waals surface area contributed by atoms with Gasteiger partial charge in [0.05, 0.1) is 12.5 Å². The van der Waals surface area contributed by atoms with E-state index in [1.54, 1.807) is 6.92 Å². The highest BCUT2D eigenvalue weighted by Gasteiger charge is 2.37. The normalized spacial score (nSPS) is 16.8. The molecule has 1 heterocycles. The molecule has 0 saturated carbocycles. The first-order valence-corrected chi connectivity index (χ1v) is 26.4. The van der Waals surface area contributed by atoms with Crippen LogP contribution in [0.5, 0.6) is 0 Å². The summed E-state index contributed by atoms with van der Waals surface area (Å²) in [6.45, 7) is 16.4. The van der Waals surface area contributed by atoms with Gasteiger partial charge in [-0.05, 0) is 97.1 Å². The average molecular weight is 820 g/mol. The lowest BCUT2D eigenvalue weighted by molar-refractivity contribution is -0.149. The molecule has 0 aromatic carbocycles. The number of aliphatic hydroxyl groups is 1. The minimum atomic E-state index is 0.0831. The molecule has 1 aliphatic heterocycles. The molecule has 3 atom stereocenters. The number of ketones is 1. The Morgan fingerprint density at radius 3 is 1.40 bits per heavy atom. The van der Waals surface area contributed by atoms with Gasteiger partial charge in [-0.1, -0.05) is 202 Å². The van der Waals surface area contributed by atoms with Gasteiger partial charge in [0, 0.05) is 18.1 Å². The summed E-state index contributed by atoms with van der Waals surface area (Å²) in [6.07, 6.45) is 47.5. The van der Waals surface area contributed by atoms with Crippen LogP contribution in [0, 0.1) is 11.8 Å². The Morgan fingerprint density at radius 1 is 0.517 bits per heavy atom. The van der Waals surface area contributed by atoms with Crippen molar-refractivity contribution in [2.24, 2.45) is 11.8 Å². The molecule has 1 rings (SSSR count). The van der Waals surface area contributed by atoms with Crippen molar-refractivity contribution in [1.29, 1.82) is 0 Å². The number of likely N-dealkylation sites (tertiary alicyclic amines) is 1. The molecule has 0 bridgehead atoms. The molecule has 0 amide bonds. The summed E-state index contributed by atoms with van der Waals surface area (Å²) in [5.74, 6) is 0.969. The molecule has 0 radical (unpaired) electrons. The van der Waals surface area contributed by atoms with Crippen LogP contribution in [0.4, 0.5) is 0 Å². The zero-order chi connectivity index (χ0) is 42.8. The third-order valence-electron chi connectivity index (χ3n) is 13.4. The molecule has 346 valence electrons. The van der Waals surface area contributed by atoms with E-state index in [4.69, 9.17) is 4.74 Å². The van der Waals surface area contributed by atoms with E-state index in [-0.39, 0.29) is 11.9 Å². The van der Waals surface area contributed by atoms with Crippen LogP contribution in [-0.4, -0.2) is 53.6 Å². The van der Waals surface area contributed by atoms with Gasteiger partial charge in [-0.25, -0.2) is 0 Å². The number of aliphatic hydroxyl groups excluding tert-OH is 1. The van der Waals surface area contributed by atoms with Crippen LogP contribution in [-0.2, 0) is 14.3 Å². The molecule has 5 heteroatoms. The van der Waals surface area contributed by atoms with E-state index >= 15 is 0 Å².